The van der Waals surface area contributed by atoms with Crippen LogP contribution in [0, 0.1) is 0 Å². The minimum Gasteiger partial charge on any atom is -0.321 e. The maximum absolute atomic E-state index is 12.7. The molecule has 0 bridgehead atoms. The van der Waals surface area contributed by atoms with Crippen molar-refractivity contribution in [2.45, 2.75) is 30.6 Å². The van der Waals surface area contributed by atoms with E-state index in [-0.39, 0.29) is 10.8 Å². The van der Waals surface area contributed by atoms with E-state index in [1.54, 1.807) is 36.4 Å². The van der Waals surface area contributed by atoms with E-state index in [2.05, 4.69) is 10.0 Å². The number of para-hydroxylation sites is 1. The maximum Gasteiger partial charge on any atom is 0.261 e. The summed E-state index contributed by atoms with van der Waals surface area (Å²) in [6.07, 6.45) is 3.97. The lowest BCUT2D eigenvalue weighted by Crippen LogP contribution is -2.13. The number of hydrogen-bond donors (Lipinski definition) is 2. The highest BCUT2D eigenvalue weighted by atomic mass is 32.2. The van der Waals surface area contributed by atoms with Gasteiger partial charge in [-0.1, -0.05) is 23.8 Å². The lowest BCUT2D eigenvalue weighted by Gasteiger charge is -2.10. The fourth-order valence-electron chi connectivity index (χ4n) is 3.44. The Hall–Kier alpha value is -2.60. The summed E-state index contributed by atoms with van der Waals surface area (Å²) in [5, 5.41) is 2.84. The Morgan fingerprint density at radius 1 is 0.960 bits per heavy atom. The predicted molar refractivity (Wildman–Crippen MR) is 97.7 cm³/mol. The number of hydrogen-bond acceptors (Lipinski definition) is 3. The fraction of sp³-hybridized carbons (Fsp3) is 0.211. The molecule has 0 radical (unpaired) electrons. The number of benzene rings is 2. The first-order valence-corrected chi connectivity index (χ1v) is 9.78. The van der Waals surface area contributed by atoms with E-state index in [0.29, 0.717) is 22.5 Å². The molecule has 25 heavy (non-hydrogen) atoms. The highest BCUT2D eigenvalue weighted by Gasteiger charge is 2.30. The average Bonchev–Trinajstić information content (AvgIpc) is 3.21. The van der Waals surface area contributed by atoms with Gasteiger partial charge in [0.25, 0.3) is 15.9 Å². The van der Waals surface area contributed by atoms with Gasteiger partial charge in [0.2, 0.25) is 0 Å². The molecule has 1 fully saturated rings. The number of carbonyl (C=O) groups is 1. The molecule has 0 unspecified atom stereocenters. The number of sulfonamides is 1. The topological polar surface area (TPSA) is 75.3 Å². The summed E-state index contributed by atoms with van der Waals surface area (Å²) in [6.45, 7) is 0. The van der Waals surface area contributed by atoms with Crippen LogP contribution in [-0.4, -0.2) is 14.3 Å². The van der Waals surface area contributed by atoms with Crippen molar-refractivity contribution in [3.05, 3.63) is 59.7 Å². The average molecular weight is 354 g/mol. The zero-order valence-electron chi connectivity index (χ0n) is 13.6. The van der Waals surface area contributed by atoms with E-state index in [1.165, 1.54) is 6.07 Å². The first-order chi connectivity index (χ1) is 12.0. The zero-order valence-corrected chi connectivity index (χ0v) is 14.4. The number of allylic oxidation sites excluding steroid dienone is 1. The number of fused-ring (bicyclic) bond motifs is 1. The number of anilines is 2. The Morgan fingerprint density at radius 3 is 2.40 bits per heavy atom. The number of carbonyl (C=O) groups excluding carboxylic acids is 1. The SMILES string of the molecule is O=C1Nc2ccc(S(=O)(=O)Nc3ccccc3)cc2C1=C1CCCC1. The van der Waals surface area contributed by atoms with E-state index in [9.17, 15) is 13.2 Å². The van der Waals surface area contributed by atoms with Crippen molar-refractivity contribution in [3.8, 4) is 0 Å². The van der Waals surface area contributed by atoms with Crippen LogP contribution in [0.15, 0.2) is 59.0 Å². The monoisotopic (exact) mass is 354 g/mol. The van der Waals surface area contributed by atoms with Crippen LogP contribution in [0.2, 0.25) is 0 Å². The second-order valence-electron chi connectivity index (χ2n) is 6.32. The molecule has 128 valence electrons. The minimum absolute atomic E-state index is 0.127. The molecule has 1 aliphatic heterocycles. The van der Waals surface area contributed by atoms with Crippen molar-refractivity contribution < 1.29 is 13.2 Å². The zero-order chi connectivity index (χ0) is 17.4. The van der Waals surface area contributed by atoms with Crippen molar-refractivity contribution >= 4 is 32.9 Å². The van der Waals surface area contributed by atoms with Crippen LogP contribution in [-0.2, 0) is 14.8 Å². The number of amides is 1. The van der Waals surface area contributed by atoms with E-state index in [0.717, 1.165) is 31.3 Å². The summed E-state index contributed by atoms with van der Waals surface area (Å²) in [4.78, 5) is 12.5. The Morgan fingerprint density at radius 2 is 1.68 bits per heavy atom. The lowest BCUT2D eigenvalue weighted by atomic mass is 10.00. The first kappa shape index (κ1) is 15.9. The number of rotatable bonds is 3. The summed E-state index contributed by atoms with van der Waals surface area (Å²) < 4.78 is 27.9. The maximum atomic E-state index is 12.7. The van der Waals surface area contributed by atoms with Crippen LogP contribution in [0.1, 0.15) is 31.2 Å². The number of nitrogens with one attached hydrogen (secondary N) is 2. The van der Waals surface area contributed by atoms with Gasteiger partial charge in [0.05, 0.1) is 4.90 Å². The summed E-state index contributed by atoms with van der Waals surface area (Å²) in [6, 6.07) is 13.5. The van der Waals surface area contributed by atoms with Crippen LogP contribution in [0.25, 0.3) is 5.57 Å². The molecule has 0 aromatic heterocycles. The Balaban J connectivity index is 1.74. The Kier molecular flexibility index (Phi) is 3.84. The third-order valence-corrected chi connectivity index (χ3v) is 6.01. The van der Waals surface area contributed by atoms with Gasteiger partial charge in [-0.3, -0.25) is 9.52 Å². The lowest BCUT2D eigenvalue weighted by molar-refractivity contribution is -0.110. The molecule has 0 spiro atoms. The van der Waals surface area contributed by atoms with E-state index in [4.69, 9.17) is 0 Å². The third kappa shape index (κ3) is 2.93. The molecule has 4 rings (SSSR count). The molecule has 1 amide bonds. The molecule has 0 saturated heterocycles. The second kappa shape index (κ2) is 6.04. The van der Waals surface area contributed by atoms with Crippen LogP contribution >= 0.6 is 0 Å². The largest absolute Gasteiger partial charge is 0.321 e. The van der Waals surface area contributed by atoms with Gasteiger partial charge < -0.3 is 5.32 Å². The molecule has 2 aromatic carbocycles. The smallest absolute Gasteiger partial charge is 0.261 e. The van der Waals surface area contributed by atoms with E-state index in [1.807, 2.05) is 6.07 Å². The van der Waals surface area contributed by atoms with Crippen molar-refractivity contribution in [3.63, 3.8) is 0 Å². The third-order valence-electron chi connectivity index (χ3n) is 4.63. The molecule has 2 N–H and O–H groups in total. The van der Waals surface area contributed by atoms with Gasteiger partial charge >= 0.3 is 0 Å². The standard InChI is InChI=1S/C19H18N2O3S/c22-19-18(13-6-4-5-7-13)16-12-15(10-11-17(16)20-19)25(23,24)21-14-8-2-1-3-9-14/h1-3,8-12,21H,4-7H2,(H,20,22). The van der Waals surface area contributed by atoms with Crippen molar-refractivity contribution in [2.24, 2.45) is 0 Å². The van der Waals surface area contributed by atoms with Gasteiger partial charge in [0.15, 0.2) is 0 Å². The highest BCUT2D eigenvalue weighted by molar-refractivity contribution is 7.92. The van der Waals surface area contributed by atoms with Gasteiger partial charge in [-0.05, 0) is 56.0 Å². The summed E-state index contributed by atoms with van der Waals surface area (Å²) in [7, 11) is -3.71. The van der Waals surface area contributed by atoms with Gasteiger partial charge in [-0.2, -0.15) is 0 Å². The highest BCUT2D eigenvalue weighted by Crippen LogP contribution is 2.40. The van der Waals surface area contributed by atoms with Crippen LogP contribution in [0.5, 0.6) is 0 Å². The molecule has 2 aromatic rings. The van der Waals surface area contributed by atoms with Crippen molar-refractivity contribution in [2.75, 3.05) is 10.0 Å². The summed E-state index contributed by atoms with van der Waals surface area (Å²) >= 11 is 0. The van der Waals surface area contributed by atoms with E-state index < -0.39 is 10.0 Å². The molecule has 0 atom stereocenters. The fourth-order valence-corrected chi connectivity index (χ4v) is 4.52. The van der Waals surface area contributed by atoms with Crippen molar-refractivity contribution in [1.29, 1.82) is 0 Å². The molecule has 1 heterocycles. The van der Waals surface area contributed by atoms with Crippen LogP contribution < -0.4 is 10.0 Å². The molecule has 6 heteroatoms. The molecule has 5 nitrogen and oxygen atoms in total. The van der Waals surface area contributed by atoms with Gasteiger partial charge in [-0.25, -0.2) is 8.42 Å². The Labute approximate surface area is 146 Å². The normalized spacial score (nSPS) is 16.7. The molecule has 1 aliphatic carbocycles. The van der Waals surface area contributed by atoms with E-state index >= 15 is 0 Å². The van der Waals surface area contributed by atoms with Gasteiger partial charge in [0.1, 0.15) is 0 Å². The minimum atomic E-state index is -3.71. The van der Waals surface area contributed by atoms with Crippen LogP contribution in [0.4, 0.5) is 11.4 Å². The van der Waals surface area contributed by atoms with Crippen molar-refractivity contribution in [1.82, 2.24) is 0 Å². The quantitative estimate of drug-likeness (QED) is 0.824. The van der Waals surface area contributed by atoms with Gasteiger partial charge in [0, 0.05) is 22.5 Å². The molecule has 2 aliphatic rings. The summed E-state index contributed by atoms with van der Waals surface area (Å²) in [5.74, 6) is -0.127. The van der Waals surface area contributed by atoms with Crippen LogP contribution in [0.3, 0.4) is 0 Å². The summed E-state index contributed by atoms with van der Waals surface area (Å²) in [5.41, 5.74) is 3.66. The predicted octanol–water partition coefficient (Wildman–Crippen LogP) is 3.77. The first-order valence-electron chi connectivity index (χ1n) is 8.30. The second-order valence-corrected chi connectivity index (χ2v) is 8.00. The molecular weight excluding hydrogens is 336 g/mol. The Bertz CT molecular complexity index is 971. The molecular formula is C19H18N2O3S. The molecule has 1 saturated carbocycles. The van der Waals surface area contributed by atoms with Gasteiger partial charge in [-0.15, -0.1) is 0 Å².